The summed E-state index contributed by atoms with van der Waals surface area (Å²) in [6.07, 6.45) is 0.935. The van der Waals surface area contributed by atoms with Crippen LogP contribution in [0.15, 0.2) is 36.4 Å². The number of rotatable bonds is 2. The van der Waals surface area contributed by atoms with Gasteiger partial charge in [-0.1, -0.05) is 12.1 Å². The first-order valence-corrected chi connectivity index (χ1v) is 6.87. The molecule has 2 aromatic carbocycles. The fourth-order valence-corrected chi connectivity index (χ4v) is 2.56. The molecule has 0 saturated carbocycles. The molecule has 0 unspecified atom stereocenters. The van der Waals surface area contributed by atoms with E-state index >= 15 is 0 Å². The van der Waals surface area contributed by atoms with Gasteiger partial charge in [-0.3, -0.25) is 4.79 Å². The molecule has 0 saturated heterocycles. The first-order valence-electron chi connectivity index (χ1n) is 6.87. The van der Waals surface area contributed by atoms with Crippen molar-refractivity contribution in [2.75, 3.05) is 17.2 Å². The van der Waals surface area contributed by atoms with E-state index in [2.05, 4.69) is 16.7 Å². The Hall–Kier alpha value is -2.80. The number of benzene rings is 2. The topological polar surface area (TPSA) is 64.9 Å². The van der Waals surface area contributed by atoms with Crippen LogP contribution in [0, 0.1) is 18.3 Å². The van der Waals surface area contributed by atoms with Crippen LogP contribution in [-0.2, 0) is 6.42 Å². The zero-order valence-electron chi connectivity index (χ0n) is 11.7. The summed E-state index contributed by atoms with van der Waals surface area (Å²) >= 11 is 0. The molecule has 0 bridgehead atoms. The summed E-state index contributed by atoms with van der Waals surface area (Å²) in [6.45, 7) is 2.77. The third-order valence-electron chi connectivity index (χ3n) is 3.71. The molecule has 1 amide bonds. The normalized spacial score (nSPS) is 12.2. The summed E-state index contributed by atoms with van der Waals surface area (Å²) in [5, 5.41) is 15.3. The molecule has 4 nitrogen and oxygen atoms in total. The minimum atomic E-state index is -0.188. The van der Waals surface area contributed by atoms with Gasteiger partial charge >= 0.3 is 0 Å². The summed E-state index contributed by atoms with van der Waals surface area (Å²) < 4.78 is 0. The fraction of sp³-hybridized carbons (Fsp3) is 0.176. The van der Waals surface area contributed by atoms with Crippen LogP contribution in [0.2, 0.25) is 0 Å². The van der Waals surface area contributed by atoms with Gasteiger partial charge in [-0.25, -0.2) is 0 Å². The Kier molecular flexibility index (Phi) is 3.33. The Labute approximate surface area is 123 Å². The maximum absolute atomic E-state index is 12.4. The molecule has 2 aromatic rings. The molecule has 1 aliphatic heterocycles. The highest BCUT2D eigenvalue weighted by atomic mass is 16.1. The van der Waals surface area contributed by atoms with Gasteiger partial charge in [-0.15, -0.1) is 0 Å². The van der Waals surface area contributed by atoms with Gasteiger partial charge in [-0.05, 0) is 48.7 Å². The van der Waals surface area contributed by atoms with Crippen molar-refractivity contribution in [3.8, 4) is 6.07 Å². The van der Waals surface area contributed by atoms with Crippen molar-refractivity contribution in [2.24, 2.45) is 0 Å². The van der Waals surface area contributed by atoms with E-state index in [1.54, 1.807) is 12.1 Å². The molecule has 0 aromatic heterocycles. The molecule has 3 rings (SSSR count). The molecule has 0 fully saturated rings. The number of hydrogen-bond acceptors (Lipinski definition) is 3. The molecule has 21 heavy (non-hydrogen) atoms. The van der Waals surface area contributed by atoms with Crippen LogP contribution in [0.4, 0.5) is 11.4 Å². The second-order valence-electron chi connectivity index (χ2n) is 5.11. The van der Waals surface area contributed by atoms with Gasteiger partial charge in [0.05, 0.1) is 11.3 Å². The van der Waals surface area contributed by atoms with E-state index in [1.807, 2.05) is 31.2 Å². The minimum Gasteiger partial charge on any atom is -0.384 e. The predicted octanol–water partition coefficient (Wildman–Crippen LogP) is 3.09. The van der Waals surface area contributed by atoms with E-state index < -0.39 is 0 Å². The number of anilines is 2. The van der Waals surface area contributed by atoms with Gasteiger partial charge in [0, 0.05) is 17.8 Å². The third-order valence-corrected chi connectivity index (χ3v) is 3.71. The van der Waals surface area contributed by atoms with Gasteiger partial charge in [-0.2, -0.15) is 5.26 Å². The summed E-state index contributed by atoms with van der Waals surface area (Å²) in [4.78, 5) is 12.4. The second-order valence-corrected chi connectivity index (χ2v) is 5.11. The lowest BCUT2D eigenvalue weighted by Gasteiger charge is -2.09. The summed E-state index contributed by atoms with van der Waals surface area (Å²) in [5.41, 5.74) is 4.79. The van der Waals surface area contributed by atoms with E-state index in [1.165, 1.54) is 0 Å². The maximum Gasteiger partial charge on any atom is 0.255 e. The van der Waals surface area contributed by atoms with E-state index in [0.717, 1.165) is 29.8 Å². The fourth-order valence-electron chi connectivity index (χ4n) is 2.56. The first-order chi connectivity index (χ1) is 10.2. The lowest BCUT2D eigenvalue weighted by Crippen LogP contribution is -2.13. The average Bonchev–Trinajstić information content (AvgIpc) is 2.94. The van der Waals surface area contributed by atoms with Crippen molar-refractivity contribution in [3.63, 3.8) is 0 Å². The molecule has 0 spiro atoms. The van der Waals surface area contributed by atoms with Crippen molar-refractivity contribution in [2.45, 2.75) is 13.3 Å². The van der Waals surface area contributed by atoms with E-state index in [4.69, 9.17) is 0 Å². The average molecular weight is 277 g/mol. The number of hydrogen-bond donors (Lipinski definition) is 2. The molecular formula is C17H15N3O. The van der Waals surface area contributed by atoms with Gasteiger partial charge in [0.15, 0.2) is 0 Å². The number of nitriles is 1. The van der Waals surface area contributed by atoms with Gasteiger partial charge in [0.1, 0.15) is 6.07 Å². The Morgan fingerprint density at radius 2 is 2.19 bits per heavy atom. The summed E-state index contributed by atoms with van der Waals surface area (Å²) in [6, 6.07) is 13.2. The van der Waals surface area contributed by atoms with Crippen LogP contribution in [0.3, 0.4) is 0 Å². The number of aryl methyl sites for hydroxylation is 1. The molecule has 1 heterocycles. The van der Waals surface area contributed by atoms with Crippen molar-refractivity contribution in [1.82, 2.24) is 0 Å². The number of nitrogens with one attached hydrogen (secondary N) is 2. The van der Waals surface area contributed by atoms with Crippen molar-refractivity contribution >= 4 is 17.3 Å². The maximum atomic E-state index is 12.4. The third kappa shape index (κ3) is 2.46. The summed E-state index contributed by atoms with van der Waals surface area (Å²) in [5.74, 6) is -0.188. The Morgan fingerprint density at radius 1 is 1.33 bits per heavy atom. The molecule has 1 aliphatic rings. The van der Waals surface area contributed by atoms with Crippen LogP contribution in [0.5, 0.6) is 0 Å². The molecule has 0 atom stereocenters. The van der Waals surface area contributed by atoms with E-state index in [0.29, 0.717) is 16.8 Å². The Balaban J connectivity index is 1.87. The molecule has 4 heteroatoms. The standard InChI is InChI=1S/C17H15N3O/c1-11-3-2-4-16(14(11)10-18)20-17(21)13-5-6-15-12(9-13)7-8-19-15/h2-6,9,19H,7-8H2,1H3,(H,20,21). The highest BCUT2D eigenvalue weighted by Gasteiger charge is 2.15. The number of carbonyl (C=O) groups is 1. The quantitative estimate of drug-likeness (QED) is 0.886. The van der Waals surface area contributed by atoms with Gasteiger partial charge in [0.25, 0.3) is 5.91 Å². The highest BCUT2D eigenvalue weighted by molar-refractivity contribution is 6.05. The predicted molar refractivity (Wildman–Crippen MR) is 82.5 cm³/mol. The molecule has 104 valence electrons. The molecule has 2 N–H and O–H groups in total. The van der Waals surface area contributed by atoms with Crippen molar-refractivity contribution in [3.05, 3.63) is 58.7 Å². The minimum absolute atomic E-state index is 0.188. The SMILES string of the molecule is Cc1cccc(NC(=O)c2ccc3c(c2)CCN3)c1C#N. The monoisotopic (exact) mass is 277 g/mol. The number of carbonyl (C=O) groups excluding carboxylic acids is 1. The van der Waals surface area contributed by atoms with Gasteiger partial charge < -0.3 is 10.6 Å². The Morgan fingerprint density at radius 3 is 3.00 bits per heavy atom. The van der Waals surface area contributed by atoms with Crippen LogP contribution >= 0.6 is 0 Å². The number of amides is 1. The highest BCUT2D eigenvalue weighted by Crippen LogP contribution is 2.24. The first kappa shape index (κ1) is 13.2. The lowest BCUT2D eigenvalue weighted by atomic mass is 10.1. The molecule has 0 aliphatic carbocycles. The second kappa shape index (κ2) is 5.29. The number of nitrogens with zero attached hydrogens (tertiary/aromatic N) is 1. The van der Waals surface area contributed by atoms with Crippen molar-refractivity contribution < 1.29 is 4.79 Å². The zero-order valence-corrected chi connectivity index (χ0v) is 11.7. The molecular weight excluding hydrogens is 262 g/mol. The van der Waals surface area contributed by atoms with Crippen LogP contribution in [-0.4, -0.2) is 12.5 Å². The van der Waals surface area contributed by atoms with Crippen LogP contribution in [0.1, 0.15) is 27.0 Å². The van der Waals surface area contributed by atoms with Gasteiger partial charge in [0.2, 0.25) is 0 Å². The number of fused-ring (bicyclic) bond motifs is 1. The molecule has 0 radical (unpaired) electrons. The zero-order chi connectivity index (χ0) is 14.8. The van der Waals surface area contributed by atoms with Crippen molar-refractivity contribution in [1.29, 1.82) is 5.26 Å². The van der Waals surface area contributed by atoms with E-state index in [9.17, 15) is 10.1 Å². The summed E-state index contributed by atoms with van der Waals surface area (Å²) in [7, 11) is 0. The Bertz CT molecular complexity index is 759. The van der Waals surface area contributed by atoms with Crippen LogP contribution < -0.4 is 10.6 Å². The van der Waals surface area contributed by atoms with E-state index in [-0.39, 0.29) is 5.91 Å². The van der Waals surface area contributed by atoms with Crippen LogP contribution in [0.25, 0.3) is 0 Å². The smallest absolute Gasteiger partial charge is 0.255 e. The largest absolute Gasteiger partial charge is 0.384 e. The lowest BCUT2D eigenvalue weighted by molar-refractivity contribution is 0.102.